The molecule has 0 amide bonds. The molecule has 4 aromatic carbocycles. The molecule has 2 aromatic heterocycles. The molecule has 0 atom stereocenters. The van der Waals surface area contributed by atoms with E-state index in [0.717, 1.165) is 57.0 Å². The van der Waals surface area contributed by atoms with Crippen molar-refractivity contribution in [2.45, 2.75) is 13.1 Å². The number of fused-ring (bicyclic) bond motifs is 1. The van der Waals surface area contributed by atoms with Gasteiger partial charge in [-0.25, -0.2) is 4.52 Å². The van der Waals surface area contributed by atoms with Gasteiger partial charge in [-0.05, 0) is 48.9 Å². The Morgan fingerprint density at radius 1 is 0.700 bits per heavy atom. The number of imidazole rings is 1. The third-order valence-corrected chi connectivity index (χ3v) is 7.15. The first-order chi connectivity index (χ1) is 19.3. The molecule has 0 aliphatic rings. The highest BCUT2D eigenvalue weighted by Crippen LogP contribution is 2.43. The number of hydrogen-bond donors (Lipinski definition) is 0. The van der Waals surface area contributed by atoms with Crippen LogP contribution >= 0.6 is 0 Å². The summed E-state index contributed by atoms with van der Waals surface area (Å²) in [6.45, 7) is 2.05. The predicted molar refractivity (Wildman–Crippen MR) is 152 cm³/mol. The van der Waals surface area contributed by atoms with E-state index >= 15 is 0 Å². The van der Waals surface area contributed by atoms with Gasteiger partial charge in [0.1, 0.15) is 17.1 Å². The number of halogens is 3. The Balaban J connectivity index is 1.71. The second kappa shape index (κ2) is 9.75. The Kier molecular flexibility index (Phi) is 6.22. The maximum Gasteiger partial charge on any atom is 0.416 e. The van der Waals surface area contributed by atoms with E-state index in [-0.39, 0.29) is 0 Å². The number of aryl methyl sites for hydroxylation is 2. The van der Waals surface area contributed by atoms with Gasteiger partial charge in [0.2, 0.25) is 0 Å². The molecule has 0 fully saturated rings. The van der Waals surface area contributed by atoms with Crippen molar-refractivity contribution in [2.24, 2.45) is 7.05 Å². The molecular formula is C33H26F3N3O. The summed E-state index contributed by atoms with van der Waals surface area (Å²) in [5.74, 6) is 0.714. The summed E-state index contributed by atoms with van der Waals surface area (Å²) in [4.78, 5) is 0. The first-order valence-electron chi connectivity index (χ1n) is 12.8. The number of alkyl halides is 3. The van der Waals surface area contributed by atoms with Gasteiger partial charge in [-0.3, -0.25) is 0 Å². The summed E-state index contributed by atoms with van der Waals surface area (Å²) in [5, 5.41) is 5.13. The van der Waals surface area contributed by atoms with Crippen LogP contribution in [0.1, 0.15) is 11.1 Å². The van der Waals surface area contributed by atoms with E-state index in [2.05, 4.69) is 16.7 Å². The zero-order valence-corrected chi connectivity index (χ0v) is 22.2. The van der Waals surface area contributed by atoms with E-state index < -0.39 is 11.7 Å². The van der Waals surface area contributed by atoms with Gasteiger partial charge in [-0.2, -0.15) is 18.3 Å². The Hall–Kier alpha value is -4.78. The summed E-state index contributed by atoms with van der Waals surface area (Å²) >= 11 is 0. The number of rotatable bonds is 5. The van der Waals surface area contributed by atoms with Gasteiger partial charge in [-0.15, -0.1) is 0 Å². The van der Waals surface area contributed by atoms with Crippen LogP contribution in [0.3, 0.4) is 0 Å². The molecule has 0 saturated carbocycles. The van der Waals surface area contributed by atoms with E-state index in [1.807, 2.05) is 85.2 Å². The van der Waals surface area contributed by atoms with E-state index in [1.165, 1.54) is 12.1 Å². The summed E-state index contributed by atoms with van der Waals surface area (Å²) < 4.78 is 49.6. The van der Waals surface area contributed by atoms with Crippen molar-refractivity contribution < 1.29 is 17.9 Å². The number of benzene rings is 4. The van der Waals surface area contributed by atoms with Crippen LogP contribution in [-0.2, 0) is 13.2 Å². The molecule has 0 aliphatic carbocycles. The van der Waals surface area contributed by atoms with Gasteiger partial charge in [-0.1, -0.05) is 72.3 Å². The third-order valence-electron chi connectivity index (χ3n) is 7.15. The van der Waals surface area contributed by atoms with Crippen LogP contribution in [0.15, 0.2) is 103 Å². The van der Waals surface area contributed by atoms with Gasteiger partial charge >= 0.3 is 6.18 Å². The van der Waals surface area contributed by atoms with Crippen molar-refractivity contribution in [3.05, 3.63) is 114 Å². The third kappa shape index (κ3) is 4.33. The number of ether oxygens (including phenoxy) is 1. The first kappa shape index (κ1) is 25.5. The second-order valence-corrected chi connectivity index (χ2v) is 9.75. The highest BCUT2D eigenvalue weighted by atomic mass is 19.4. The first-order valence-corrected chi connectivity index (χ1v) is 12.8. The Labute approximate surface area is 229 Å². The van der Waals surface area contributed by atoms with E-state index in [9.17, 15) is 13.2 Å². The van der Waals surface area contributed by atoms with Crippen molar-refractivity contribution in [1.29, 1.82) is 0 Å². The molecule has 6 rings (SSSR count). The Bertz CT molecular complexity index is 1810. The lowest BCUT2D eigenvalue weighted by Crippen LogP contribution is -2.04. The minimum Gasteiger partial charge on any atom is -0.497 e. The molecule has 0 saturated heterocycles. The van der Waals surface area contributed by atoms with Gasteiger partial charge in [0, 0.05) is 23.7 Å². The molecule has 0 aliphatic heterocycles. The van der Waals surface area contributed by atoms with Crippen LogP contribution in [0.4, 0.5) is 13.2 Å². The smallest absolute Gasteiger partial charge is 0.416 e. The Morgan fingerprint density at radius 3 is 1.95 bits per heavy atom. The van der Waals surface area contributed by atoms with Crippen molar-refractivity contribution in [3.8, 4) is 50.6 Å². The van der Waals surface area contributed by atoms with Gasteiger partial charge in [0.05, 0.1) is 29.6 Å². The fraction of sp³-hybridized carbons (Fsp3) is 0.121. The molecule has 0 N–H and O–H groups in total. The summed E-state index contributed by atoms with van der Waals surface area (Å²) in [6.07, 6.45) is -4.42. The summed E-state index contributed by atoms with van der Waals surface area (Å²) in [7, 11) is 3.58. The zero-order chi connectivity index (χ0) is 28.0. The van der Waals surface area contributed by atoms with Crippen LogP contribution in [-0.4, -0.2) is 21.3 Å². The molecular weight excluding hydrogens is 511 g/mol. The number of aromatic nitrogens is 3. The van der Waals surface area contributed by atoms with Crippen molar-refractivity contribution in [3.63, 3.8) is 0 Å². The van der Waals surface area contributed by atoms with E-state index in [0.29, 0.717) is 17.0 Å². The van der Waals surface area contributed by atoms with Crippen molar-refractivity contribution in [2.75, 3.05) is 7.11 Å². The minimum absolute atomic E-state index is 0.627. The second-order valence-electron chi connectivity index (χ2n) is 9.75. The number of nitrogens with zero attached hydrogens (tertiary/aromatic N) is 3. The molecule has 2 heterocycles. The SMILES string of the molecule is COc1ccc(-c2c(-c3ccc(C(F)(F)F)cc3)n3nc(-c4ccccc4)c(-c4cccc(C)c4)c3n2C)cc1. The summed E-state index contributed by atoms with van der Waals surface area (Å²) in [6, 6.07) is 31.1. The lowest BCUT2D eigenvalue weighted by atomic mass is 9.99. The van der Waals surface area contributed by atoms with Crippen molar-refractivity contribution in [1.82, 2.24) is 14.2 Å². The fourth-order valence-corrected chi connectivity index (χ4v) is 5.26. The van der Waals surface area contributed by atoms with E-state index in [4.69, 9.17) is 9.84 Å². The normalized spacial score (nSPS) is 11.8. The lowest BCUT2D eigenvalue weighted by molar-refractivity contribution is -0.137. The largest absolute Gasteiger partial charge is 0.497 e. The average Bonchev–Trinajstić information content (AvgIpc) is 3.48. The molecule has 40 heavy (non-hydrogen) atoms. The molecule has 0 bridgehead atoms. The molecule has 7 heteroatoms. The van der Waals surface area contributed by atoms with Crippen molar-refractivity contribution >= 4 is 5.65 Å². The maximum atomic E-state index is 13.4. The van der Waals surface area contributed by atoms with Gasteiger partial charge in [0.15, 0.2) is 0 Å². The van der Waals surface area contributed by atoms with Crippen LogP contribution < -0.4 is 4.74 Å². The molecule has 4 nitrogen and oxygen atoms in total. The highest BCUT2D eigenvalue weighted by Gasteiger charge is 2.31. The number of hydrogen-bond acceptors (Lipinski definition) is 2. The Morgan fingerprint density at radius 2 is 1.32 bits per heavy atom. The van der Waals surface area contributed by atoms with E-state index in [1.54, 1.807) is 7.11 Å². The number of methoxy groups -OCH3 is 1. The average molecular weight is 538 g/mol. The molecule has 0 spiro atoms. The van der Waals surface area contributed by atoms with Crippen LogP contribution in [0, 0.1) is 6.92 Å². The molecule has 200 valence electrons. The highest BCUT2D eigenvalue weighted by molar-refractivity contribution is 5.95. The van der Waals surface area contributed by atoms with Crippen LogP contribution in [0.2, 0.25) is 0 Å². The summed E-state index contributed by atoms with van der Waals surface area (Å²) in [5.41, 5.74) is 8.01. The molecule has 0 unspecified atom stereocenters. The predicted octanol–water partition coefficient (Wildman–Crippen LogP) is 8.68. The zero-order valence-electron chi connectivity index (χ0n) is 22.2. The maximum absolute atomic E-state index is 13.4. The van der Waals surface area contributed by atoms with Gasteiger partial charge in [0.25, 0.3) is 0 Å². The van der Waals surface area contributed by atoms with Gasteiger partial charge < -0.3 is 9.30 Å². The fourth-order valence-electron chi connectivity index (χ4n) is 5.26. The minimum atomic E-state index is -4.42. The molecule has 0 radical (unpaired) electrons. The van der Waals surface area contributed by atoms with Crippen LogP contribution in [0.25, 0.3) is 50.5 Å². The van der Waals surface area contributed by atoms with Crippen LogP contribution in [0.5, 0.6) is 5.75 Å². The standard InChI is InChI=1S/C33H26F3N3O/c1-21-8-7-11-25(20-21)28-29(22-9-5-4-6-10-22)37-39-31(24-12-16-26(17-13-24)33(34,35)36)30(38(2)32(28)39)23-14-18-27(40-3)19-15-23/h4-20H,1-3H3. The monoisotopic (exact) mass is 537 g/mol. The quantitative estimate of drug-likeness (QED) is 0.220. The molecule has 6 aromatic rings. The lowest BCUT2D eigenvalue weighted by Gasteiger charge is -2.12. The topological polar surface area (TPSA) is 31.5 Å².